The highest BCUT2D eigenvalue weighted by Gasteiger charge is 2.31. The zero-order chi connectivity index (χ0) is 22.3. The lowest BCUT2D eigenvalue weighted by Crippen LogP contribution is -2.45. The molecule has 2 amide bonds. The average Bonchev–Trinajstić information content (AvgIpc) is 3.00. The Morgan fingerprint density at radius 1 is 1.20 bits per heavy atom. The van der Waals surface area contributed by atoms with Crippen LogP contribution in [0.4, 0.5) is 0 Å². The van der Waals surface area contributed by atoms with Crippen molar-refractivity contribution in [1.82, 2.24) is 15.2 Å². The summed E-state index contributed by atoms with van der Waals surface area (Å²) in [5, 5.41) is 3.02. The van der Waals surface area contributed by atoms with Crippen LogP contribution in [0.15, 0.2) is 0 Å². The van der Waals surface area contributed by atoms with Gasteiger partial charge in [-0.15, -0.1) is 0 Å². The number of likely N-dealkylation sites (tertiary alicyclic amines) is 1. The van der Waals surface area contributed by atoms with E-state index in [1.54, 1.807) is 32.6 Å². The second kappa shape index (κ2) is 11.2. The Labute approximate surface area is 179 Å². The summed E-state index contributed by atoms with van der Waals surface area (Å²) in [6.07, 6.45) is 5.82. The second-order valence-electron chi connectivity index (χ2n) is 8.52. The molecule has 1 unspecified atom stereocenters. The van der Waals surface area contributed by atoms with E-state index >= 15 is 0 Å². The molecule has 0 spiro atoms. The minimum absolute atomic E-state index is 0.0320. The fourth-order valence-electron chi connectivity index (χ4n) is 3.98. The summed E-state index contributed by atoms with van der Waals surface area (Å²) in [7, 11) is 0. The van der Waals surface area contributed by atoms with Crippen molar-refractivity contribution in [2.75, 3.05) is 19.6 Å². The number of esters is 1. The van der Waals surface area contributed by atoms with Crippen LogP contribution in [0.3, 0.4) is 0 Å². The first kappa shape index (κ1) is 24.0. The molecule has 7 nitrogen and oxygen atoms in total. The third-order valence-electron chi connectivity index (χ3n) is 5.61. The van der Waals surface area contributed by atoms with Crippen LogP contribution in [0.5, 0.6) is 0 Å². The van der Waals surface area contributed by atoms with E-state index in [-0.39, 0.29) is 23.8 Å². The standard InChI is InChI=1S/C23H37N3O4/c1-6-7-8-9-12-24-21(27)18-11-10-13-26(14-18)22(28)20-16(4)19(17(5)25-20)23(29)30-15(2)3/h15,18,25H,6-14H2,1-5H3,(H,24,27). The van der Waals surface area contributed by atoms with Crippen LogP contribution in [0.2, 0.25) is 0 Å². The van der Waals surface area contributed by atoms with Gasteiger partial charge in [0, 0.05) is 25.3 Å². The summed E-state index contributed by atoms with van der Waals surface area (Å²) in [4.78, 5) is 42.9. The molecule has 0 saturated carbocycles. The number of aromatic nitrogens is 1. The molecule has 0 bridgehead atoms. The molecule has 2 heterocycles. The molecule has 0 aliphatic carbocycles. The van der Waals surface area contributed by atoms with E-state index < -0.39 is 5.97 Å². The highest BCUT2D eigenvalue weighted by atomic mass is 16.5. The van der Waals surface area contributed by atoms with Crippen LogP contribution in [0.25, 0.3) is 0 Å². The van der Waals surface area contributed by atoms with E-state index in [0.29, 0.717) is 42.1 Å². The maximum Gasteiger partial charge on any atom is 0.340 e. The van der Waals surface area contributed by atoms with Gasteiger partial charge >= 0.3 is 5.97 Å². The molecule has 1 atom stereocenters. The smallest absolute Gasteiger partial charge is 0.340 e. The zero-order valence-corrected chi connectivity index (χ0v) is 19.1. The van der Waals surface area contributed by atoms with Gasteiger partial charge in [0.15, 0.2) is 0 Å². The fourth-order valence-corrected chi connectivity index (χ4v) is 3.98. The van der Waals surface area contributed by atoms with E-state index in [1.165, 1.54) is 12.8 Å². The van der Waals surface area contributed by atoms with Gasteiger partial charge in [0.05, 0.1) is 17.6 Å². The van der Waals surface area contributed by atoms with Crippen LogP contribution < -0.4 is 5.32 Å². The Morgan fingerprint density at radius 2 is 1.93 bits per heavy atom. The molecular weight excluding hydrogens is 382 g/mol. The van der Waals surface area contributed by atoms with Crippen LogP contribution in [-0.4, -0.2) is 53.4 Å². The number of carbonyl (C=O) groups is 3. The Kier molecular flexibility index (Phi) is 8.93. The number of aryl methyl sites for hydroxylation is 1. The molecule has 1 saturated heterocycles. The van der Waals surface area contributed by atoms with E-state index in [2.05, 4.69) is 17.2 Å². The molecular formula is C23H37N3O4. The monoisotopic (exact) mass is 419 g/mol. The second-order valence-corrected chi connectivity index (χ2v) is 8.52. The van der Waals surface area contributed by atoms with Crippen molar-refractivity contribution in [3.63, 3.8) is 0 Å². The largest absolute Gasteiger partial charge is 0.459 e. The first-order valence-corrected chi connectivity index (χ1v) is 11.2. The lowest BCUT2D eigenvalue weighted by Gasteiger charge is -2.32. The van der Waals surface area contributed by atoms with Gasteiger partial charge in [-0.3, -0.25) is 9.59 Å². The highest BCUT2D eigenvalue weighted by molar-refractivity contribution is 6.00. The number of nitrogens with zero attached hydrogens (tertiary/aromatic N) is 1. The molecule has 0 radical (unpaired) electrons. The first-order chi connectivity index (χ1) is 14.3. The molecule has 1 aromatic rings. The summed E-state index contributed by atoms with van der Waals surface area (Å²) < 4.78 is 5.31. The number of piperidine rings is 1. The van der Waals surface area contributed by atoms with Crippen molar-refractivity contribution in [3.8, 4) is 0 Å². The van der Waals surface area contributed by atoms with E-state index in [4.69, 9.17) is 4.74 Å². The molecule has 7 heteroatoms. The van der Waals surface area contributed by atoms with Crippen LogP contribution in [0, 0.1) is 19.8 Å². The van der Waals surface area contributed by atoms with Crippen molar-refractivity contribution in [3.05, 3.63) is 22.5 Å². The SMILES string of the molecule is CCCCCCNC(=O)C1CCCN(C(=O)c2[nH]c(C)c(C(=O)OC(C)C)c2C)C1. The number of rotatable bonds is 9. The summed E-state index contributed by atoms with van der Waals surface area (Å²) >= 11 is 0. The molecule has 168 valence electrons. The minimum atomic E-state index is -0.422. The number of hydrogen-bond acceptors (Lipinski definition) is 4. The summed E-state index contributed by atoms with van der Waals surface area (Å²) in [6.45, 7) is 11.0. The molecule has 0 aromatic carbocycles. The van der Waals surface area contributed by atoms with Crippen molar-refractivity contribution in [1.29, 1.82) is 0 Å². The quantitative estimate of drug-likeness (QED) is 0.471. The van der Waals surface area contributed by atoms with Gasteiger partial charge in [-0.1, -0.05) is 26.2 Å². The van der Waals surface area contributed by atoms with Gasteiger partial charge in [-0.25, -0.2) is 4.79 Å². The number of carbonyl (C=O) groups excluding carboxylic acids is 3. The number of ether oxygens (including phenoxy) is 1. The van der Waals surface area contributed by atoms with Gasteiger partial charge < -0.3 is 19.9 Å². The van der Waals surface area contributed by atoms with Gasteiger partial charge in [0.2, 0.25) is 5.91 Å². The topological polar surface area (TPSA) is 91.5 Å². The Bertz CT molecular complexity index is 754. The third kappa shape index (κ3) is 6.09. The van der Waals surface area contributed by atoms with Gasteiger partial charge in [-0.05, 0) is 52.5 Å². The predicted octanol–water partition coefficient (Wildman–Crippen LogP) is 3.75. The number of unbranched alkanes of at least 4 members (excludes halogenated alkanes) is 3. The molecule has 2 rings (SSSR count). The molecule has 1 aliphatic rings. The summed E-state index contributed by atoms with van der Waals surface area (Å²) in [6, 6.07) is 0. The first-order valence-electron chi connectivity index (χ1n) is 11.2. The summed E-state index contributed by atoms with van der Waals surface area (Å²) in [5.74, 6) is -0.742. The lowest BCUT2D eigenvalue weighted by molar-refractivity contribution is -0.126. The van der Waals surface area contributed by atoms with Crippen LogP contribution >= 0.6 is 0 Å². The number of hydrogen-bond donors (Lipinski definition) is 2. The van der Waals surface area contributed by atoms with Crippen LogP contribution in [-0.2, 0) is 9.53 Å². The van der Waals surface area contributed by atoms with Crippen molar-refractivity contribution in [2.24, 2.45) is 5.92 Å². The minimum Gasteiger partial charge on any atom is -0.459 e. The highest BCUT2D eigenvalue weighted by Crippen LogP contribution is 2.24. The van der Waals surface area contributed by atoms with E-state index in [0.717, 1.165) is 25.7 Å². The fraction of sp³-hybridized carbons (Fsp3) is 0.696. The predicted molar refractivity (Wildman–Crippen MR) is 117 cm³/mol. The maximum atomic E-state index is 13.1. The molecule has 1 aliphatic heterocycles. The summed E-state index contributed by atoms with van der Waals surface area (Å²) in [5.41, 5.74) is 2.06. The maximum absolute atomic E-state index is 13.1. The van der Waals surface area contributed by atoms with E-state index in [9.17, 15) is 14.4 Å². The Hall–Kier alpha value is -2.31. The number of amides is 2. The Morgan fingerprint density at radius 3 is 2.60 bits per heavy atom. The molecule has 1 aromatic heterocycles. The van der Waals surface area contributed by atoms with Crippen molar-refractivity contribution in [2.45, 2.75) is 79.2 Å². The molecule has 1 fully saturated rings. The van der Waals surface area contributed by atoms with Gasteiger partial charge in [0.1, 0.15) is 5.69 Å². The number of nitrogens with one attached hydrogen (secondary N) is 2. The number of aromatic amines is 1. The van der Waals surface area contributed by atoms with Crippen molar-refractivity contribution < 1.29 is 19.1 Å². The van der Waals surface area contributed by atoms with Gasteiger partial charge in [0.25, 0.3) is 5.91 Å². The molecule has 30 heavy (non-hydrogen) atoms. The Balaban J connectivity index is 2.01. The van der Waals surface area contributed by atoms with Gasteiger partial charge in [-0.2, -0.15) is 0 Å². The van der Waals surface area contributed by atoms with E-state index in [1.807, 2.05) is 0 Å². The lowest BCUT2D eigenvalue weighted by atomic mass is 9.96. The normalized spacial score (nSPS) is 16.6. The average molecular weight is 420 g/mol. The number of H-pyrrole nitrogens is 1. The van der Waals surface area contributed by atoms with Crippen LogP contribution in [0.1, 0.15) is 91.4 Å². The molecule has 2 N–H and O–H groups in total. The van der Waals surface area contributed by atoms with Crippen molar-refractivity contribution >= 4 is 17.8 Å². The zero-order valence-electron chi connectivity index (χ0n) is 19.1. The third-order valence-corrected chi connectivity index (χ3v) is 5.61.